The molecular weight excluding hydrogens is 383 g/mol. The minimum absolute atomic E-state index is 0.00478. The van der Waals surface area contributed by atoms with Gasteiger partial charge in [0.2, 0.25) is 10.0 Å². The van der Waals surface area contributed by atoms with Crippen LogP contribution in [0.25, 0.3) is 0 Å². The largest absolute Gasteiger partial charge is 0.478 e. The number of carbonyl (C=O) groups is 1. The van der Waals surface area contributed by atoms with Gasteiger partial charge in [0.1, 0.15) is 0 Å². The van der Waals surface area contributed by atoms with E-state index in [1.165, 1.54) is 46.8 Å². The van der Waals surface area contributed by atoms with Gasteiger partial charge in [-0.15, -0.1) is 0 Å². The molecule has 0 radical (unpaired) electrons. The number of ether oxygens (including phenoxy) is 1. The number of carbonyl (C=O) groups excluding carboxylic acids is 1. The van der Waals surface area contributed by atoms with E-state index in [0.29, 0.717) is 25.2 Å². The Kier molecular flexibility index (Phi) is 7.53. The van der Waals surface area contributed by atoms with Crippen LogP contribution in [-0.4, -0.2) is 37.8 Å². The Balaban J connectivity index is 2.10. The van der Waals surface area contributed by atoms with E-state index in [1.807, 2.05) is 0 Å². The van der Waals surface area contributed by atoms with Gasteiger partial charge in [-0.25, -0.2) is 12.8 Å². The van der Waals surface area contributed by atoms with Gasteiger partial charge in [0.25, 0.3) is 5.91 Å². The number of anilines is 1. The van der Waals surface area contributed by atoms with Crippen molar-refractivity contribution in [1.29, 1.82) is 0 Å². The maximum Gasteiger partial charge on any atom is 0.265 e. The molecule has 2 aromatic carbocycles. The van der Waals surface area contributed by atoms with Crippen molar-refractivity contribution >= 4 is 21.6 Å². The molecule has 152 valence electrons. The summed E-state index contributed by atoms with van der Waals surface area (Å²) in [6.45, 7) is 6.06. The van der Waals surface area contributed by atoms with Crippen LogP contribution in [0.3, 0.4) is 0 Å². The van der Waals surface area contributed by atoms with E-state index in [4.69, 9.17) is 4.74 Å². The molecule has 0 aliphatic carbocycles. The van der Waals surface area contributed by atoms with E-state index >= 15 is 0 Å². The van der Waals surface area contributed by atoms with Crippen LogP contribution in [-0.2, 0) is 14.8 Å². The number of para-hydroxylation sites is 1. The fourth-order valence-corrected chi connectivity index (χ4v) is 4.12. The SMILES string of the molecule is CC[C@H](Oc1ccccc1F)C(=O)Nc1ccc(S(=O)(=O)N(CC)CC)cc1. The summed E-state index contributed by atoms with van der Waals surface area (Å²) in [7, 11) is -3.56. The standard InChI is InChI=1S/C20H25FN2O4S/c1-4-18(27-19-10-8-7-9-17(19)21)20(24)22-15-11-13-16(14-12-15)28(25,26)23(5-2)6-3/h7-14,18H,4-6H2,1-3H3,(H,22,24)/t18-/m0/s1. The van der Waals surface area contributed by atoms with Crippen LogP contribution in [0.4, 0.5) is 10.1 Å². The third-order valence-corrected chi connectivity index (χ3v) is 6.30. The second-order valence-corrected chi connectivity index (χ2v) is 7.99. The molecule has 8 heteroatoms. The van der Waals surface area contributed by atoms with Crippen LogP contribution >= 0.6 is 0 Å². The summed E-state index contributed by atoms with van der Waals surface area (Å²) in [4.78, 5) is 12.6. The van der Waals surface area contributed by atoms with Crippen LogP contribution < -0.4 is 10.1 Å². The van der Waals surface area contributed by atoms with Gasteiger partial charge in [0.15, 0.2) is 17.7 Å². The van der Waals surface area contributed by atoms with Crippen molar-refractivity contribution in [3.8, 4) is 5.75 Å². The molecule has 2 aromatic rings. The Bertz CT molecular complexity index is 897. The summed E-state index contributed by atoms with van der Waals surface area (Å²) in [5.74, 6) is -0.977. The molecule has 0 aliphatic heterocycles. The lowest BCUT2D eigenvalue weighted by Gasteiger charge is -2.19. The van der Waals surface area contributed by atoms with Gasteiger partial charge in [-0.2, -0.15) is 4.31 Å². The summed E-state index contributed by atoms with van der Waals surface area (Å²) in [5.41, 5.74) is 0.430. The zero-order valence-corrected chi connectivity index (χ0v) is 17.0. The van der Waals surface area contributed by atoms with Gasteiger partial charge >= 0.3 is 0 Å². The first-order valence-corrected chi connectivity index (χ1v) is 10.6. The molecule has 6 nitrogen and oxygen atoms in total. The summed E-state index contributed by atoms with van der Waals surface area (Å²) in [6.07, 6.45) is -0.537. The van der Waals surface area contributed by atoms with E-state index in [0.717, 1.165) is 0 Å². The Morgan fingerprint density at radius 3 is 2.21 bits per heavy atom. The Morgan fingerprint density at radius 2 is 1.68 bits per heavy atom. The van der Waals surface area contributed by atoms with Crippen molar-refractivity contribution in [3.63, 3.8) is 0 Å². The van der Waals surface area contributed by atoms with E-state index in [-0.39, 0.29) is 10.6 Å². The summed E-state index contributed by atoms with van der Waals surface area (Å²) >= 11 is 0. The molecule has 0 aliphatic rings. The summed E-state index contributed by atoms with van der Waals surface area (Å²) in [6, 6.07) is 11.8. The predicted octanol–water partition coefficient (Wildman–Crippen LogP) is 3.65. The first-order valence-electron chi connectivity index (χ1n) is 9.15. The maximum atomic E-state index is 13.7. The number of benzene rings is 2. The van der Waals surface area contributed by atoms with Crippen LogP contribution in [0.2, 0.25) is 0 Å². The van der Waals surface area contributed by atoms with Crippen molar-refractivity contribution < 1.29 is 22.3 Å². The highest BCUT2D eigenvalue weighted by atomic mass is 32.2. The average Bonchev–Trinajstić information content (AvgIpc) is 2.68. The number of sulfonamides is 1. The van der Waals surface area contributed by atoms with Gasteiger partial charge in [-0.1, -0.05) is 32.9 Å². The highest BCUT2D eigenvalue weighted by Crippen LogP contribution is 2.21. The van der Waals surface area contributed by atoms with Crippen molar-refractivity contribution in [1.82, 2.24) is 4.31 Å². The third-order valence-electron chi connectivity index (χ3n) is 4.23. The number of hydrogen-bond acceptors (Lipinski definition) is 4. The van der Waals surface area contributed by atoms with Gasteiger partial charge < -0.3 is 10.1 Å². The number of halogens is 1. The van der Waals surface area contributed by atoms with Gasteiger partial charge in [-0.3, -0.25) is 4.79 Å². The lowest BCUT2D eigenvalue weighted by molar-refractivity contribution is -0.122. The van der Waals surface area contributed by atoms with Gasteiger partial charge in [-0.05, 0) is 42.8 Å². The fourth-order valence-electron chi connectivity index (χ4n) is 2.66. The fraction of sp³-hybridized carbons (Fsp3) is 0.350. The number of nitrogens with one attached hydrogen (secondary N) is 1. The first-order chi connectivity index (χ1) is 13.3. The molecule has 0 fully saturated rings. The molecule has 0 bridgehead atoms. The van der Waals surface area contributed by atoms with Gasteiger partial charge in [0.05, 0.1) is 4.90 Å². The molecule has 0 heterocycles. The quantitative estimate of drug-likeness (QED) is 0.687. The lowest BCUT2D eigenvalue weighted by atomic mass is 10.2. The molecule has 0 saturated carbocycles. The number of nitrogens with zero attached hydrogens (tertiary/aromatic N) is 1. The molecule has 1 N–H and O–H groups in total. The molecule has 28 heavy (non-hydrogen) atoms. The Hall–Kier alpha value is -2.45. The lowest BCUT2D eigenvalue weighted by Crippen LogP contribution is -2.32. The van der Waals surface area contributed by atoms with E-state index in [2.05, 4.69) is 5.32 Å². The number of hydrogen-bond donors (Lipinski definition) is 1. The van der Waals surface area contributed by atoms with E-state index in [1.54, 1.807) is 26.8 Å². The summed E-state index contributed by atoms with van der Waals surface area (Å²) in [5, 5.41) is 2.67. The molecule has 0 unspecified atom stereocenters. The van der Waals surface area contributed by atoms with Crippen molar-refractivity contribution in [2.45, 2.75) is 38.2 Å². The molecule has 2 rings (SSSR count). The smallest absolute Gasteiger partial charge is 0.265 e. The minimum atomic E-state index is -3.56. The van der Waals surface area contributed by atoms with Crippen LogP contribution in [0.15, 0.2) is 53.4 Å². The Morgan fingerprint density at radius 1 is 1.07 bits per heavy atom. The second-order valence-electron chi connectivity index (χ2n) is 6.05. The Labute approximate surface area is 165 Å². The van der Waals surface area contributed by atoms with Crippen molar-refractivity contribution in [3.05, 3.63) is 54.3 Å². The molecule has 0 saturated heterocycles. The van der Waals surface area contributed by atoms with Crippen LogP contribution in [0.1, 0.15) is 27.2 Å². The third kappa shape index (κ3) is 5.08. The summed E-state index contributed by atoms with van der Waals surface area (Å²) < 4.78 is 45.6. The number of rotatable bonds is 9. The topological polar surface area (TPSA) is 75.7 Å². The average molecular weight is 408 g/mol. The maximum absolute atomic E-state index is 13.7. The van der Waals surface area contributed by atoms with Crippen molar-refractivity contribution in [2.75, 3.05) is 18.4 Å². The van der Waals surface area contributed by atoms with Crippen LogP contribution in [0, 0.1) is 5.82 Å². The molecule has 1 amide bonds. The van der Waals surface area contributed by atoms with Crippen LogP contribution in [0.5, 0.6) is 5.75 Å². The molecule has 0 aromatic heterocycles. The van der Waals surface area contributed by atoms with E-state index in [9.17, 15) is 17.6 Å². The van der Waals surface area contributed by atoms with Crippen molar-refractivity contribution in [2.24, 2.45) is 0 Å². The second kappa shape index (κ2) is 9.66. The monoisotopic (exact) mass is 408 g/mol. The number of amides is 1. The highest BCUT2D eigenvalue weighted by Gasteiger charge is 2.23. The predicted molar refractivity (Wildman–Crippen MR) is 106 cm³/mol. The minimum Gasteiger partial charge on any atom is -0.478 e. The molecule has 0 spiro atoms. The van der Waals surface area contributed by atoms with Gasteiger partial charge in [0, 0.05) is 18.8 Å². The first kappa shape index (κ1) is 21.8. The highest BCUT2D eigenvalue weighted by molar-refractivity contribution is 7.89. The zero-order valence-electron chi connectivity index (χ0n) is 16.2. The zero-order chi connectivity index (χ0) is 20.7. The molecule has 1 atom stereocenters. The van der Waals surface area contributed by atoms with E-state index < -0.39 is 27.9 Å². The normalized spacial score (nSPS) is 12.6. The molecular formula is C20H25FN2O4S.